The van der Waals surface area contributed by atoms with Gasteiger partial charge < -0.3 is 10.2 Å². The highest BCUT2D eigenvalue weighted by Gasteiger charge is 2.15. The van der Waals surface area contributed by atoms with Crippen molar-refractivity contribution in [3.05, 3.63) is 29.8 Å². The molecule has 1 saturated heterocycles. The monoisotopic (exact) mass is 316 g/mol. The van der Waals surface area contributed by atoms with Gasteiger partial charge in [-0.1, -0.05) is 12.1 Å². The van der Waals surface area contributed by atoms with E-state index in [1.807, 2.05) is 12.1 Å². The summed E-state index contributed by atoms with van der Waals surface area (Å²) >= 11 is 0. The Labute approximate surface area is 131 Å². The molecule has 1 fully saturated rings. The molecule has 0 spiro atoms. The average Bonchev–Trinajstić information content (AvgIpc) is 2.40. The third-order valence-corrected chi connectivity index (χ3v) is 4.67. The second kappa shape index (κ2) is 8.78. The number of nitrogens with zero attached hydrogens (tertiary/aromatic N) is 1. The third-order valence-electron chi connectivity index (χ3n) is 3.74. The number of piperidine rings is 1. The van der Waals surface area contributed by atoms with Crippen LogP contribution in [0.2, 0.25) is 0 Å². The first kappa shape index (κ1) is 17.6. The number of hydrogen-bond donors (Lipinski definition) is 1. The van der Waals surface area contributed by atoms with Crippen molar-refractivity contribution < 1.29 is 4.21 Å². The molecule has 0 amide bonds. The van der Waals surface area contributed by atoms with Crippen LogP contribution in [0.25, 0.3) is 0 Å². The first-order valence-corrected chi connectivity index (χ1v) is 8.52. The smallest absolute Gasteiger partial charge is 0.0498 e. The molecular formula is C15H25ClN2OS. The SMILES string of the molecule is CN(Cc1ccc(S(C)=O)cc1)CC1CCNCC1.Cl. The summed E-state index contributed by atoms with van der Waals surface area (Å²) in [6.07, 6.45) is 4.30. The summed E-state index contributed by atoms with van der Waals surface area (Å²) in [7, 11) is 1.31. The number of nitrogens with one attached hydrogen (secondary N) is 1. The predicted molar refractivity (Wildman–Crippen MR) is 88.0 cm³/mol. The molecule has 0 aliphatic carbocycles. The van der Waals surface area contributed by atoms with Crippen LogP contribution < -0.4 is 5.32 Å². The lowest BCUT2D eigenvalue weighted by Crippen LogP contribution is -2.34. The van der Waals surface area contributed by atoms with E-state index in [0.29, 0.717) is 0 Å². The number of rotatable bonds is 5. The summed E-state index contributed by atoms with van der Waals surface area (Å²) < 4.78 is 11.3. The van der Waals surface area contributed by atoms with Gasteiger partial charge in [-0.05, 0) is 56.6 Å². The Hall–Kier alpha value is -0.420. The lowest BCUT2D eigenvalue weighted by molar-refractivity contribution is 0.234. The average molecular weight is 317 g/mol. The molecule has 1 aromatic rings. The molecule has 1 atom stereocenters. The first-order valence-electron chi connectivity index (χ1n) is 6.97. The molecular weight excluding hydrogens is 292 g/mol. The maximum absolute atomic E-state index is 11.3. The molecule has 0 aromatic heterocycles. The van der Waals surface area contributed by atoms with Crippen molar-refractivity contribution in [2.24, 2.45) is 5.92 Å². The van der Waals surface area contributed by atoms with Crippen LogP contribution >= 0.6 is 12.4 Å². The Morgan fingerprint density at radius 3 is 2.40 bits per heavy atom. The fourth-order valence-electron chi connectivity index (χ4n) is 2.67. The van der Waals surface area contributed by atoms with E-state index in [4.69, 9.17) is 0 Å². The van der Waals surface area contributed by atoms with Crippen molar-refractivity contribution in [2.75, 3.05) is 32.9 Å². The molecule has 0 bridgehead atoms. The molecule has 1 aliphatic rings. The minimum absolute atomic E-state index is 0. The van der Waals surface area contributed by atoms with E-state index in [-0.39, 0.29) is 12.4 Å². The minimum Gasteiger partial charge on any atom is -0.317 e. The van der Waals surface area contributed by atoms with Crippen LogP contribution in [0.5, 0.6) is 0 Å². The predicted octanol–water partition coefficient (Wildman–Crippen LogP) is 2.28. The van der Waals surface area contributed by atoms with Crippen molar-refractivity contribution >= 4 is 23.2 Å². The highest BCUT2D eigenvalue weighted by atomic mass is 35.5. The number of benzene rings is 1. The fraction of sp³-hybridized carbons (Fsp3) is 0.600. The summed E-state index contributed by atoms with van der Waals surface area (Å²) in [5.74, 6) is 0.827. The highest BCUT2D eigenvalue weighted by Crippen LogP contribution is 2.15. The molecule has 2 rings (SSSR count). The molecule has 1 N–H and O–H groups in total. The van der Waals surface area contributed by atoms with Gasteiger partial charge in [0.05, 0.1) is 0 Å². The van der Waals surface area contributed by atoms with E-state index in [1.165, 1.54) is 24.9 Å². The third kappa shape index (κ3) is 5.52. The van der Waals surface area contributed by atoms with Gasteiger partial charge in [0.25, 0.3) is 0 Å². The molecule has 1 heterocycles. The molecule has 0 saturated carbocycles. The van der Waals surface area contributed by atoms with Crippen molar-refractivity contribution in [3.63, 3.8) is 0 Å². The molecule has 1 aliphatic heterocycles. The van der Waals surface area contributed by atoms with Crippen LogP contribution in [0.1, 0.15) is 18.4 Å². The van der Waals surface area contributed by atoms with Gasteiger partial charge >= 0.3 is 0 Å². The van der Waals surface area contributed by atoms with Gasteiger partial charge in [-0.3, -0.25) is 4.21 Å². The van der Waals surface area contributed by atoms with Gasteiger partial charge in [-0.15, -0.1) is 12.4 Å². The lowest BCUT2D eigenvalue weighted by Gasteiger charge is -2.27. The Balaban J connectivity index is 0.00000200. The summed E-state index contributed by atoms with van der Waals surface area (Å²) in [4.78, 5) is 3.30. The Kier molecular flexibility index (Phi) is 7.74. The zero-order valence-electron chi connectivity index (χ0n) is 12.3. The molecule has 20 heavy (non-hydrogen) atoms. The molecule has 0 radical (unpaired) electrons. The van der Waals surface area contributed by atoms with Crippen molar-refractivity contribution in [1.29, 1.82) is 0 Å². The van der Waals surface area contributed by atoms with Crippen molar-refractivity contribution in [1.82, 2.24) is 10.2 Å². The van der Waals surface area contributed by atoms with E-state index < -0.39 is 10.8 Å². The van der Waals surface area contributed by atoms with E-state index >= 15 is 0 Å². The Morgan fingerprint density at radius 1 is 1.25 bits per heavy atom. The normalized spacial score (nSPS) is 17.8. The lowest BCUT2D eigenvalue weighted by atomic mass is 9.97. The van der Waals surface area contributed by atoms with Gasteiger partial charge in [0.15, 0.2) is 0 Å². The zero-order valence-corrected chi connectivity index (χ0v) is 13.9. The largest absolute Gasteiger partial charge is 0.317 e. The first-order chi connectivity index (χ1) is 9.15. The van der Waals surface area contributed by atoms with Crippen molar-refractivity contribution in [2.45, 2.75) is 24.3 Å². The van der Waals surface area contributed by atoms with Gasteiger partial charge in [0.1, 0.15) is 0 Å². The van der Waals surface area contributed by atoms with Crippen LogP contribution in [0.3, 0.4) is 0 Å². The number of halogens is 1. The van der Waals surface area contributed by atoms with Gasteiger partial charge in [0.2, 0.25) is 0 Å². The maximum atomic E-state index is 11.3. The summed E-state index contributed by atoms with van der Waals surface area (Å²) in [5.41, 5.74) is 1.30. The van der Waals surface area contributed by atoms with E-state index in [1.54, 1.807) is 6.26 Å². The van der Waals surface area contributed by atoms with E-state index in [0.717, 1.165) is 30.4 Å². The quantitative estimate of drug-likeness (QED) is 0.904. The van der Waals surface area contributed by atoms with Gasteiger partial charge in [-0.2, -0.15) is 0 Å². The molecule has 3 nitrogen and oxygen atoms in total. The second-order valence-corrected chi connectivity index (χ2v) is 6.87. The van der Waals surface area contributed by atoms with Crippen molar-refractivity contribution in [3.8, 4) is 0 Å². The van der Waals surface area contributed by atoms with E-state index in [2.05, 4.69) is 29.4 Å². The zero-order chi connectivity index (χ0) is 13.7. The number of hydrogen-bond acceptors (Lipinski definition) is 3. The van der Waals surface area contributed by atoms with Crippen LogP contribution in [0, 0.1) is 5.92 Å². The summed E-state index contributed by atoms with van der Waals surface area (Å²) in [6.45, 7) is 4.47. The second-order valence-electron chi connectivity index (χ2n) is 5.49. The Morgan fingerprint density at radius 2 is 1.85 bits per heavy atom. The fourth-order valence-corrected chi connectivity index (χ4v) is 3.19. The van der Waals surface area contributed by atoms with Crippen LogP contribution in [0.4, 0.5) is 0 Å². The van der Waals surface area contributed by atoms with E-state index in [9.17, 15) is 4.21 Å². The summed E-state index contributed by atoms with van der Waals surface area (Å²) in [6, 6.07) is 8.14. The molecule has 114 valence electrons. The maximum Gasteiger partial charge on any atom is 0.0498 e. The molecule has 5 heteroatoms. The van der Waals surface area contributed by atoms with Gasteiger partial charge in [-0.25, -0.2) is 0 Å². The van der Waals surface area contributed by atoms with Crippen LogP contribution in [0.15, 0.2) is 29.2 Å². The topological polar surface area (TPSA) is 32.3 Å². The van der Waals surface area contributed by atoms with Crippen LogP contribution in [-0.2, 0) is 17.3 Å². The minimum atomic E-state index is -0.876. The van der Waals surface area contributed by atoms with Gasteiger partial charge in [0, 0.05) is 35.0 Å². The molecule has 1 unspecified atom stereocenters. The highest BCUT2D eigenvalue weighted by molar-refractivity contribution is 7.84. The Bertz CT molecular complexity index is 418. The van der Waals surface area contributed by atoms with Crippen LogP contribution in [-0.4, -0.2) is 42.0 Å². The summed E-state index contributed by atoms with van der Waals surface area (Å²) in [5, 5.41) is 3.41. The molecule has 1 aromatic carbocycles. The standard InChI is InChI=1S/C15H24N2OS.ClH/c1-17(12-14-7-9-16-10-8-14)11-13-3-5-15(6-4-13)19(2)18;/h3-6,14,16H,7-12H2,1-2H3;1H.